The average molecular weight is 339 g/mol. The van der Waals surface area contributed by atoms with Crippen LogP contribution in [0.25, 0.3) is 10.8 Å². The summed E-state index contributed by atoms with van der Waals surface area (Å²) in [7, 11) is 0. The summed E-state index contributed by atoms with van der Waals surface area (Å²) in [6.45, 7) is 2.00. The van der Waals surface area contributed by atoms with Gasteiger partial charge in [0, 0.05) is 16.5 Å². The summed E-state index contributed by atoms with van der Waals surface area (Å²) in [5.74, 6) is 0.158. The van der Waals surface area contributed by atoms with E-state index in [0.717, 1.165) is 26.5 Å². The van der Waals surface area contributed by atoms with E-state index in [-0.39, 0.29) is 5.78 Å². The molecular weight excluding hydrogens is 324 g/mol. The highest BCUT2D eigenvalue weighted by Gasteiger charge is 2.12. The molecule has 21 heavy (non-hydrogen) atoms. The highest BCUT2D eigenvalue weighted by Crippen LogP contribution is 2.23. The molecule has 0 amide bonds. The third kappa shape index (κ3) is 2.91. The molecule has 0 N–H and O–H groups in total. The largest absolute Gasteiger partial charge is 0.294 e. The minimum Gasteiger partial charge on any atom is -0.294 e. The van der Waals surface area contributed by atoms with Gasteiger partial charge in [-0.3, -0.25) is 4.79 Å². The van der Waals surface area contributed by atoms with Crippen molar-refractivity contribution in [3.63, 3.8) is 0 Å². The fourth-order valence-electron chi connectivity index (χ4n) is 2.56. The van der Waals surface area contributed by atoms with Gasteiger partial charge in [0.2, 0.25) is 0 Å². The highest BCUT2D eigenvalue weighted by molar-refractivity contribution is 9.10. The zero-order valence-corrected chi connectivity index (χ0v) is 13.4. The summed E-state index contributed by atoms with van der Waals surface area (Å²) in [5, 5.41) is 2.28. The molecule has 0 aliphatic carbocycles. The summed E-state index contributed by atoms with van der Waals surface area (Å²) in [6, 6.07) is 20.1. The Hall–Kier alpha value is -1.93. The number of hydrogen-bond acceptors (Lipinski definition) is 1. The number of rotatable bonds is 3. The first-order valence-electron chi connectivity index (χ1n) is 6.91. The van der Waals surface area contributed by atoms with Crippen LogP contribution >= 0.6 is 15.9 Å². The van der Waals surface area contributed by atoms with Gasteiger partial charge in [0.25, 0.3) is 0 Å². The third-order valence-electron chi connectivity index (χ3n) is 3.70. The van der Waals surface area contributed by atoms with Crippen LogP contribution in [0.2, 0.25) is 0 Å². The molecule has 0 aromatic heterocycles. The van der Waals surface area contributed by atoms with Crippen molar-refractivity contribution in [3.8, 4) is 0 Å². The first-order valence-corrected chi connectivity index (χ1v) is 7.70. The summed E-state index contributed by atoms with van der Waals surface area (Å²) < 4.78 is 0.983. The molecule has 0 saturated carbocycles. The number of fused-ring (bicyclic) bond motifs is 1. The number of benzene rings is 3. The van der Waals surface area contributed by atoms with Crippen molar-refractivity contribution in [1.82, 2.24) is 0 Å². The lowest BCUT2D eigenvalue weighted by atomic mass is 9.96. The maximum Gasteiger partial charge on any atom is 0.167 e. The number of halogens is 1. The molecule has 0 atom stereocenters. The van der Waals surface area contributed by atoms with Crippen LogP contribution < -0.4 is 0 Å². The number of aryl methyl sites for hydroxylation is 1. The van der Waals surface area contributed by atoms with Crippen molar-refractivity contribution in [3.05, 3.63) is 81.8 Å². The lowest BCUT2D eigenvalue weighted by Crippen LogP contribution is -2.06. The van der Waals surface area contributed by atoms with Crippen LogP contribution in [0.4, 0.5) is 0 Å². The minimum absolute atomic E-state index is 0.158. The normalized spacial score (nSPS) is 10.8. The molecule has 1 nitrogen and oxygen atoms in total. The van der Waals surface area contributed by atoms with Crippen molar-refractivity contribution >= 4 is 32.5 Å². The SMILES string of the molecule is Cc1cc2ccccc2cc1C(=O)Cc1ccccc1Br. The molecule has 0 aliphatic heterocycles. The van der Waals surface area contributed by atoms with Gasteiger partial charge in [-0.15, -0.1) is 0 Å². The van der Waals surface area contributed by atoms with Crippen LogP contribution in [0, 0.1) is 6.92 Å². The Bertz CT molecular complexity index is 821. The van der Waals surface area contributed by atoms with Crippen LogP contribution in [-0.2, 0) is 6.42 Å². The molecular formula is C19H15BrO. The molecule has 0 radical (unpaired) electrons. The van der Waals surface area contributed by atoms with E-state index in [1.54, 1.807) is 0 Å². The predicted octanol–water partition coefficient (Wildman–Crippen LogP) is 5.34. The Balaban J connectivity index is 1.98. The molecule has 3 aromatic carbocycles. The Morgan fingerprint density at radius 1 is 0.952 bits per heavy atom. The first-order chi connectivity index (χ1) is 10.1. The maximum absolute atomic E-state index is 12.6. The van der Waals surface area contributed by atoms with E-state index in [9.17, 15) is 4.79 Å². The molecule has 0 saturated heterocycles. The second-order valence-corrected chi connectivity index (χ2v) is 6.06. The number of carbonyl (C=O) groups is 1. The van der Waals surface area contributed by atoms with E-state index in [0.29, 0.717) is 6.42 Å². The van der Waals surface area contributed by atoms with E-state index in [1.165, 1.54) is 5.39 Å². The lowest BCUT2D eigenvalue weighted by Gasteiger charge is -2.08. The molecule has 0 spiro atoms. The standard InChI is InChI=1S/C19H15BrO/c1-13-10-14-6-2-3-7-15(14)11-17(13)19(21)12-16-8-4-5-9-18(16)20/h2-11H,12H2,1H3. The number of ketones is 1. The van der Waals surface area contributed by atoms with E-state index in [2.05, 4.69) is 28.1 Å². The Morgan fingerprint density at radius 2 is 1.57 bits per heavy atom. The third-order valence-corrected chi connectivity index (χ3v) is 4.48. The van der Waals surface area contributed by atoms with Gasteiger partial charge in [0.15, 0.2) is 5.78 Å². The van der Waals surface area contributed by atoms with Crippen LogP contribution in [0.15, 0.2) is 65.1 Å². The van der Waals surface area contributed by atoms with Gasteiger partial charge in [0.1, 0.15) is 0 Å². The van der Waals surface area contributed by atoms with Gasteiger partial charge in [-0.05, 0) is 41.0 Å². The molecule has 3 rings (SSSR count). The highest BCUT2D eigenvalue weighted by atomic mass is 79.9. The zero-order valence-electron chi connectivity index (χ0n) is 11.8. The maximum atomic E-state index is 12.6. The summed E-state index contributed by atoms with van der Waals surface area (Å²) in [5.41, 5.74) is 2.87. The first kappa shape index (κ1) is 14.0. The Labute approximate surface area is 132 Å². The van der Waals surface area contributed by atoms with E-state index < -0.39 is 0 Å². The monoisotopic (exact) mass is 338 g/mol. The minimum atomic E-state index is 0.158. The molecule has 0 aliphatic rings. The summed E-state index contributed by atoms with van der Waals surface area (Å²) >= 11 is 3.50. The molecule has 3 aromatic rings. The number of hydrogen-bond donors (Lipinski definition) is 0. The average Bonchev–Trinajstić information content (AvgIpc) is 2.49. The molecule has 0 fully saturated rings. The molecule has 0 bridgehead atoms. The van der Waals surface area contributed by atoms with Crippen LogP contribution in [0.3, 0.4) is 0 Å². The second kappa shape index (κ2) is 5.82. The fourth-order valence-corrected chi connectivity index (χ4v) is 2.99. The van der Waals surface area contributed by atoms with Crippen molar-refractivity contribution in [2.45, 2.75) is 13.3 Å². The summed E-state index contributed by atoms with van der Waals surface area (Å²) in [6.07, 6.45) is 0.417. The molecule has 0 heterocycles. The quantitative estimate of drug-likeness (QED) is 0.589. The molecule has 2 heteroatoms. The van der Waals surface area contributed by atoms with Gasteiger partial charge in [-0.2, -0.15) is 0 Å². The molecule has 0 unspecified atom stereocenters. The predicted molar refractivity (Wildman–Crippen MR) is 90.9 cm³/mol. The number of carbonyl (C=O) groups excluding carboxylic acids is 1. The Kier molecular flexibility index (Phi) is 3.89. The smallest absolute Gasteiger partial charge is 0.167 e. The van der Waals surface area contributed by atoms with Crippen LogP contribution in [-0.4, -0.2) is 5.78 Å². The molecule has 104 valence electrons. The Morgan fingerprint density at radius 3 is 2.29 bits per heavy atom. The van der Waals surface area contributed by atoms with Gasteiger partial charge < -0.3 is 0 Å². The zero-order chi connectivity index (χ0) is 14.8. The van der Waals surface area contributed by atoms with E-state index in [1.807, 2.05) is 55.5 Å². The number of Topliss-reactive ketones (excluding diaryl/α,β-unsaturated/α-hetero) is 1. The van der Waals surface area contributed by atoms with Gasteiger partial charge in [-0.1, -0.05) is 64.5 Å². The van der Waals surface area contributed by atoms with Crippen LogP contribution in [0.5, 0.6) is 0 Å². The van der Waals surface area contributed by atoms with Crippen molar-refractivity contribution in [2.24, 2.45) is 0 Å². The van der Waals surface area contributed by atoms with E-state index in [4.69, 9.17) is 0 Å². The van der Waals surface area contributed by atoms with Crippen molar-refractivity contribution in [1.29, 1.82) is 0 Å². The van der Waals surface area contributed by atoms with Crippen molar-refractivity contribution < 1.29 is 4.79 Å². The van der Waals surface area contributed by atoms with Crippen LogP contribution in [0.1, 0.15) is 21.5 Å². The lowest BCUT2D eigenvalue weighted by molar-refractivity contribution is 0.0992. The topological polar surface area (TPSA) is 17.1 Å². The van der Waals surface area contributed by atoms with Gasteiger partial charge >= 0.3 is 0 Å². The summed E-state index contributed by atoms with van der Waals surface area (Å²) in [4.78, 5) is 12.6. The van der Waals surface area contributed by atoms with E-state index >= 15 is 0 Å². The fraction of sp³-hybridized carbons (Fsp3) is 0.105. The van der Waals surface area contributed by atoms with Gasteiger partial charge in [-0.25, -0.2) is 0 Å². The second-order valence-electron chi connectivity index (χ2n) is 5.21. The van der Waals surface area contributed by atoms with Gasteiger partial charge in [0.05, 0.1) is 0 Å². The van der Waals surface area contributed by atoms with Crippen molar-refractivity contribution in [2.75, 3.05) is 0 Å².